The number of anilines is 1. The maximum Gasteiger partial charge on any atom is 0.255 e. The van der Waals surface area contributed by atoms with E-state index in [0.717, 1.165) is 16.9 Å². The molecule has 1 amide bonds. The molecule has 0 aliphatic heterocycles. The molecule has 2 nitrogen and oxygen atoms in total. The molecular formula is C17H18ClNOS. The number of amides is 1. The van der Waals surface area contributed by atoms with Gasteiger partial charge in [-0.25, -0.2) is 0 Å². The quantitative estimate of drug-likeness (QED) is 0.852. The minimum Gasteiger partial charge on any atom is -0.320 e. The van der Waals surface area contributed by atoms with Crippen LogP contribution in [0.5, 0.6) is 0 Å². The Kier molecular flexibility index (Phi) is 5.32. The van der Waals surface area contributed by atoms with Crippen LogP contribution in [-0.4, -0.2) is 12.2 Å². The van der Waals surface area contributed by atoms with Crippen molar-refractivity contribution in [3.8, 4) is 0 Å². The first-order valence-electron chi connectivity index (χ1n) is 6.67. The molecule has 2 aromatic carbocycles. The van der Waals surface area contributed by atoms with Gasteiger partial charge in [-0.2, -0.15) is 11.8 Å². The molecule has 1 N–H and O–H groups in total. The first-order chi connectivity index (χ1) is 10.0. The Morgan fingerprint density at radius 3 is 2.43 bits per heavy atom. The Bertz CT molecular complexity index is 629. The summed E-state index contributed by atoms with van der Waals surface area (Å²) in [7, 11) is 0. The van der Waals surface area contributed by atoms with Crippen LogP contribution in [0.15, 0.2) is 36.4 Å². The first-order valence-corrected chi connectivity index (χ1v) is 8.44. The summed E-state index contributed by atoms with van der Waals surface area (Å²) in [6, 6.07) is 11.5. The van der Waals surface area contributed by atoms with E-state index in [0.29, 0.717) is 16.3 Å². The Morgan fingerprint density at radius 1 is 1.19 bits per heavy atom. The predicted molar refractivity (Wildman–Crippen MR) is 92.5 cm³/mol. The summed E-state index contributed by atoms with van der Waals surface area (Å²) in [6.45, 7) is 3.92. The lowest BCUT2D eigenvalue weighted by Crippen LogP contribution is -2.13. The van der Waals surface area contributed by atoms with Crippen molar-refractivity contribution in [2.24, 2.45) is 0 Å². The van der Waals surface area contributed by atoms with Gasteiger partial charge in [0.2, 0.25) is 0 Å². The van der Waals surface area contributed by atoms with Gasteiger partial charge in [0.1, 0.15) is 0 Å². The van der Waals surface area contributed by atoms with Gasteiger partial charge in [-0.05, 0) is 55.0 Å². The highest BCUT2D eigenvalue weighted by Crippen LogP contribution is 2.27. The van der Waals surface area contributed by atoms with Crippen LogP contribution < -0.4 is 5.32 Å². The number of rotatable bonds is 4. The van der Waals surface area contributed by atoms with E-state index in [1.165, 1.54) is 5.56 Å². The van der Waals surface area contributed by atoms with E-state index >= 15 is 0 Å². The van der Waals surface area contributed by atoms with Crippen molar-refractivity contribution in [2.75, 3.05) is 11.6 Å². The van der Waals surface area contributed by atoms with Crippen molar-refractivity contribution in [1.82, 2.24) is 0 Å². The minimum absolute atomic E-state index is 0.139. The molecule has 4 heteroatoms. The number of hydrogen-bond acceptors (Lipinski definition) is 2. The zero-order valence-corrected chi connectivity index (χ0v) is 13.9. The van der Waals surface area contributed by atoms with Crippen LogP contribution in [0.25, 0.3) is 0 Å². The van der Waals surface area contributed by atoms with Gasteiger partial charge in [0.05, 0.1) is 10.7 Å². The maximum absolute atomic E-state index is 12.3. The van der Waals surface area contributed by atoms with Gasteiger partial charge in [-0.15, -0.1) is 0 Å². The third-order valence-electron chi connectivity index (χ3n) is 3.20. The highest BCUT2D eigenvalue weighted by atomic mass is 35.5. The van der Waals surface area contributed by atoms with Crippen LogP contribution in [0.3, 0.4) is 0 Å². The van der Waals surface area contributed by atoms with E-state index < -0.39 is 0 Å². The topological polar surface area (TPSA) is 29.1 Å². The van der Waals surface area contributed by atoms with E-state index in [9.17, 15) is 4.79 Å². The molecule has 0 saturated heterocycles. The van der Waals surface area contributed by atoms with Gasteiger partial charge < -0.3 is 5.32 Å². The van der Waals surface area contributed by atoms with Crippen molar-refractivity contribution in [1.29, 1.82) is 0 Å². The molecule has 0 bridgehead atoms. The summed E-state index contributed by atoms with van der Waals surface area (Å²) < 4.78 is 0. The molecule has 0 atom stereocenters. The van der Waals surface area contributed by atoms with Crippen molar-refractivity contribution >= 4 is 35.0 Å². The Balaban J connectivity index is 2.18. The monoisotopic (exact) mass is 319 g/mol. The molecule has 0 radical (unpaired) electrons. The van der Waals surface area contributed by atoms with Crippen molar-refractivity contribution < 1.29 is 4.79 Å². The second kappa shape index (κ2) is 7.01. The Morgan fingerprint density at radius 2 is 1.86 bits per heavy atom. The maximum atomic E-state index is 12.3. The molecule has 0 heterocycles. The van der Waals surface area contributed by atoms with Gasteiger partial charge in [-0.1, -0.05) is 29.8 Å². The Labute approximate surface area is 134 Å². The second-order valence-corrected chi connectivity index (χ2v) is 6.30. The van der Waals surface area contributed by atoms with Crippen molar-refractivity contribution in [2.45, 2.75) is 19.6 Å². The highest BCUT2D eigenvalue weighted by molar-refractivity contribution is 7.97. The molecule has 0 unspecified atom stereocenters. The van der Waals surface area contributed by atoms with E-state index in [2.05, 4.69) is 11.6 Å². The van der Waals surface area contributed by atoms with Crippen LogP contribution in [0.1, 0.15) is 27.0 Å². The molecular weight excluding hydrogens is 302 g/mol. The fourth-order valence-electron chi connectivity index (χ4n) is 2.18. The summed E-state index contributed by atoms with van der Waals surface area (Å²) in [6.07, 6.45) is 2.06. The van der Waals surface area contributed by atoms with Crippen LogP contribution in [0.4, 0.5) is 5.69 Å². The molecule has 0 aliphatic rings. The fraction of sp³-hybridized carbons (Fsp3) is 0.235. The fourth-order valence-corrected chi connectivity index (χ4v) is 3.07. The molecule has 0 aliphatic carbocycles. The number of nitrogens with one attached hydrogen (secondary N) is 1. The molecule has 0 fully saturated rings. The summed E-state index contributed by atoms with van der Waals surface area (Å²) in [5.74, 6) is 0.810. The minimum atomic E-state index is -0.139. The van der Waals surface area contributed by atoms with E-state index in [-0.39, 0.29) is 5.91 Å². The normalized spacial score (nSPS) is 10.5. The number of carbonyl (C=O) groups excluding carboxylic acids is 1. The SMILES string of the molecule is CSCc1ccc(C(=O)Nc2c(C)cc(C)cc2Cl)cc1. The van der Waals surface area contributed by atoms with Gasteiger partial charge in [0, 0.05) is 11.3 Å². The zero-order chi connectivity index (χ0) is 15.4. The number of carbonyl (C=O) groups is 1. The van der Waals surface area contributed by atoms with E-state index in [4.69, 9.17) is 11.6 Å². The average molecular weight is 320 g/mol. The largest absolute Gasteiger partial charge is 0.320 e. The van der Waals surface area contributed by atoms with Gasteiger partial charge in [0.15, 0.2) is 0 Å². The van der Waals surface area contributed by atoms with E-state index in [1.807, 2.05) is 50.2 Å². The van der Waals surface area contributed by atoms with Gasteiger partial charge in [-0.3, -0.25) is 4.79 Å². The van der Waals surface area contributed by atoms with Crippen molar-refractivity contribution in [3.63, 3.8) is 0 Å². The molecule has 0 spiro atoms. The second-order valence-electron chi connectivity index (χ2n) is 5.02. The predicted octanol–water partition coefficient (Wildman–Crippen LogP) is 5.07. The first kappa shape index (κ1) is 15.9. The lowest BCUT2D eigenvalue weighted by atomic mass is 10.1. The number of aryl methyl sites for hydroxylation is 2. The molecule has 2 aromatic rings. The van der Waals surface area contributed by atoms with Crippen LogP contribution >= 0.6 is 23.4 Å². The lowest BCUT2D eigenvalue weighted by molar-refractivity contribution is 0.102. The van der Waals surface area contributed by atoms with Gasteiger partial charge >= 0.3 is 0 Å². The summed E-state index contributed by atoms with van der Waals surface area (Å²) >= 11 is 7.97. The van der Waals surface area contributed by atoms with E-state index in [1.54, 1.807) is 11.8 Å². The molecule has 0 saturated carbocycles. The molecule has 21 heavy (non-hydrogen) atoms. The average Bonchev–Trinajstić information content (AvgIpc) is 2.43. The number of hydrogen-bond donors (Lipinski definition) is 1. The van der Waals surface area contributed by atoms with Crippen molar-refractivity contribution in [3.05, 3.63) is 63.7 Å². The smallest absolute Gasteiger partial charge is 0.255 e. The summed E-state index contributed by atoms with van der Waals surface area (Å²) in [5, 5.41) is 3.47. The van der Waals surface area contributed by atoms with Crippen LogP contribution in [0.2, 0.25) is 5.02 Å². The Hall–Kier alpha value is -1.45. The standard InChI is InChI=1S/C17H18ClNOS/c1-11-8-12(2)16(15(18)9-11)19-17(20)14-6-4-13(5-7-14)10-21-3/h4-9H,10H2,1-3H3,(H,19,20). The third-order valence-corrected chi connectivity index (χ3v) is 4.12. The summed E-state index contributed by atoms with van der Waals surface area (Å²) in [5.41, 5.74) is 4.57. The number of halogens is 1. The number of benzene rings is 2. The molecule has 0 aromatic heterocycles. The highest BCUT2D eigenvalue weighted by Gasteiger charge is 2.11. The lowest BCUT2D eigenvalue weighted by Gasteiger charge is -2.12. The van der Waals surface area contributed by atoms with Crippen LogP contribution in [0, 0.1) is 13.8 Å². The summed E-state index contributed by atoms with van der Waals surface area (Å²) in [4.78, 5) is 12.3. The van der Waals surface area contributed by atoms with Gasteiger partial charge in [0.25, 0.3) is 5.91 Å². The van der Waals surface area contributed by atoms with Crippen LogP contribution in [-0.2, 0) is 5.75 Å². The molecule has 2 rings (SSSR count). The third kappa shape index (κ3) is 4.02. The zero-order valence-electron chi connectivity index (χ0n) is 12.4. The number of thioether (sulfide) groups is 1. The molecule has 110 valence electrons.